The number of amides is 3. The summed E-state index contributed by atoms with van der Waals surface area (Å²) < 4.78 is 5.41. The van der Waals surface area contributed by atoms with E-state index in [0.717, 1.165) is 49.8 Å². The molecule has 2 saturated carbocycles. The Morgan fingerprint density at radius 1 is 1.09 bits per heavy atom. The van der Waals surface area contributed by atoms with E-state index in [2.05, 4.69) is 5.32 Å². The van der Waals surface area contributed by atoms with Crippen LogP contribution in [0.1, 0.15) is 64.2 Å². The number of carbonyl (C=O) groups excluding carboxylic acids is 3. The molecule has 0 bridgehead atoms. The number of nitrogens with one attached hydrogen (secondary N) is 1. The lowest BCUT2D eigenvalue weighted by atomic mass is 9.82. The Balaban J connectivity index is 1.58. The van der Waals surface area contributed by atoms with Gasteiger partial charge < -0.3 is 10.1 Å². The number of esters is 1. The molecule has 122 valence electrons. The highest BCUT2D eigenvalue weighted by atomic mass is 16.5. The molecule has 22 heavy (non-hydrogen) atoms. The quantitative estimate of drug-likeness (QED) is 0.640. The predicted octanol–water partition coefficient (Wildman–Crippen LogP) is 2.12. The Morgan fingerprint density at radius 3 is 2.41 bits per heavy atom. The minimum Gasteiger partial charge on any atom is -0.461 e. The zero-order chi connectivity index (χ0) is 15.6. The molecule has 1 heterocycles. The minimum atomic E-state index is -0.763. The Bertz CT molecular complexity index is 465. The van der Waals surface area contributed by atoms with Gasteiger partial charge >= 0.3 is 12.0 Å². The first-order chi connectivity index (χ1) is 10.6. The molecular weight excluding hydrogens is 284 g/mol. The third-order valence-corrected chi connectivity index (χ3v) is 5.09. The van der Waals surface area contributed by atoms with Gasteiger partial charge in [-0.2, -0.15) is 0 Å². The van der Waals surface area contributed by atoms with E-state index >= 15 is 0 Å². The molecular formula is C16H24N2O4. The predicted molar refractivity (Wildman–Crippen MR) is 79.0 cm³/mol. The van der Waals surface area contributed by atoms with Crippen LogP contribution in [0.4, 0.5) is 4.79 Å². The van der Waals surface area contributed by atoms with Crippen LogP contribution in [-0.4, -0.2) is 41.0 Å². The normalized spacial score (nSPS) is 25.4. The van der Waals surface area contributed by atoms with E-state index in [1.165, 1.54) is 6.42 Å². The lowest BCUT2D eigenvalue weighted by Crippen LogP contribution is -2.48. The second kappa shape index (κ2) is 6.26. The number of hydrogen-bond acceptors (Lipinski definition) is 4. The molecule has 0 aromatic heterocycles. The van der Waals surface area contributed by atoms with Gasteiger partial charge in [-0.05, 0) is 38.5 Å². The first-order valence-electron chi connectivity index (χ1n) is 8.44. The zero-order valence-corrected chi connectivity index (χ0v) is 12.9. The fourth-order valence-electron chi connectivity index (χ4n) is 3.85. The summed E-state index contributed by atoms with van der Waals surface area (Å²) in [6, 6.07) is -0.451. The van der Waals surface area contributed by atoms with Crippen LogP contribution in [0, 0.1) is 0 Å². The first kappa shape index (κ1) is 15.3. The SMILES string of the molecule is O=C(CN1C(=O)NC2(CCCCC2)C1=O)OC1CCCCC1. The maximum absolute atomic E-state index is 12.6. The number of imide groups is 1. The van der Waals surface area contributed by atoms with Crippen molar-refractivity contribution in [2.24, 2.45) is 0 Å². The number of hydrogen-bond donors (Lipinski definition) is 1. The van der Waals surface area contributed by atoms with Crippen LogP contribution in [0.15, 0.2) is 0 Å². The van der Waals surface area contributed by atoms with Crippen LogP contribution in [0.25, 0.3) is 0 Å². The van der Waals surface area contributed by atoms with E-state index in [-0.39, 0.29) is 18.6 Å². The third-order valence-electron chi connectivity index (χ3n) is 5.09. The lowest BCUT2D eigenvalue weighted by molar-refractivity contribution is -0.153. The highest BCUT2D eigenvalue weighted by Gasteiger charge is 2.51. The van der Waals surface area contributed by atoms with E-state index < -0.39 is 17.5 Å². The molecule has 3 rings (SSSR count). The van der Waals surface area contributed by atoms with Gasteiger partial charge in [-0.15, -0.1) is 0 Å². The fraction of sp³-hybridized carbons (Fsp3) is 0.812. The molecule has 0 aromatic rings. The average molecular weight is 308 g/mol. The summed E-state index contributed by atoms with van der Waals surface area (Å²) in [5, 5.41) is 2.81. The molecule has 3 aliphatic rings. The van der Waals surface area contributed by atoms with Crippen molar-refractivity contribution in [2.45, 2.75) is 75.9 Å². The third kappa shape index (κ3) is 2.96. The zero-order valence-electron chi connectivity index (χ0n) is 12.9. The summed E-state index contributed by atoms with van der Waals surface area (Å²) in [6.07, 6.45) is 9.36. The number of carbonyl (C=O) groups is 3. The highest BCUT2D eigenvalue weighted by Crippen LogP contribution is 2.33. The summed E-state index contributed by atoms with van der Waals surface area (Å²) >= 11 is 0. The van der Waals surface area contributed by atoms with Gasteiger partial charge in [0.25, 0.3) is 5.91 Å². The maximum Gasteiger partial charge on any atom is 0.326 e. The highest BCUT2D eigenvalue weighted by molar-refractivity contribution is 6.08. The van der Waals surface area contributed by atoms with Crippen LogP contribution in [0.3, 0.4) is 0 Å². The van der Waals surface area contributed by atoms with Gasteiger partial charge in [0.05, 0.1) is 0 Å². The standard InChI is InChI=1S/C16H24N2O4/c19-13(22-12-7-3-1-4-8-12)11-18-14(20)16(17-15(18)21)9-5-2-6-10-16/h12H,1-11H2,(H,17,21). The Kier molecular flexibility index (Phi) is 4.36. The summed E-state index contributed by atoms with van der Waals surface area (Å²) in [5.41, 5.74) is -0.763. The molecule has 0 unspecified atom stereocenters. The molecule has 6 heteroatoms. The molecule has 0 atom stereocenters. The van der Waals surface area contributed by atoms with E-state index in [4.69, 9.17) is 4.74 Å². The Labute approximate surface area is 130 Å². The van der Waals surface area contributed by atoms with Gasteiger partial charge in [0, 0.05) is 0 Å². The monoisotopic (exact) mass is 308 g/mol. The van der Waals surface area contributed by atoms with Crippen molar-refractivity contribution in [3.05, 3.63) is 0 Å². The van der Waals surface area contributed by atoms with Gasteiger partial charge in [0.15, 0.2) is 0 Å². The van der Waals surface area contributed by atoms with E-state index in [9.17, 15) is 14.4 Å². The van der Waals surface area contributed by atoms with Crippen LogP contribution in [-0.2, 0) is 14.3 Å². The molecule has 1 aliphatic heterocycles. The van der Waals surface area contributed by atoms with Crippen molar-refractivity contribution in [1.29, 1.82) is 0 Å². The summed E-state index contributed by atoms with van der Waals surface area (Å²) in [7, 11) is 0. The first-order valence-corrected chi connectivity index (χ1v) is 8.44. The minimum absolute atomic E-state index is 0.0503. The largest absolute Gasteiger partial charge is 0.461 e. The molecule has 1 saturated heterocycles. The molecule has 3 amide bonds. The Morgan fingerprint density at radius 2 is 1.73 bits per heavy atom. The average Bonchev–Trinajstić information content (AvgIpc) is 2.73. The van der Waals surface area contributed by atoms with Crippen LogP contribution in [0.2, 0.25) is 0 Å². The molecule has 1 spiro atoms. The van der Waals surface area contributed by atoms with Crippen molar-refractivity contribution >= 4 is 17.9 Å². The van der Waals surface area contributed by atoms with E-state index in [1.54, 1.807) is 0 Å². The van der Waals surface area contributed by atoms with Crippen molar-refractivity contribution in [3.63, 3.8) is 0 Å². The second-order valence-electron chi connectivity index (χ2n) is 6.71. The second-order valence-corrected chi connectivity index (χ2v) is 6.71. The van der Waals surface area contributed by atoms with Gasteiger partial charge in [0.2, 0.25) is 0 Å². The molecule has 0 radical (unpaired) electrons. The lowest BCUT2D eigenvalue weighted by Gasteiger charge is -2.30. The smallest absolute Gasteiger partial charge is 0.326 e. The molecule has 0 aromatic carbocycles. The molecule has 2 aliphatic carbocycles. The van der Waals surface area contributed by atoms with E-state index in [0.29, 0.717) is 12.8 Å². The van der Waals surface area contributed by atoms with Gasteiger partial charge in [-0.1, -0.05) is 25.7 Å². The molecule has 3 fully saturated rings. The summed E-state index contributed by atoms with van der Waals surface area (Å²) in [4.78, 5) is 37.7. The number of urea groups is 1. The topological polar surface area (TPSA) is 75.7 Å². The number of nitrogens with zero attached hydrogens (tertiary/aromatic N) is 1. The fourth-order valence-corrected chi connectivity index (χ4v) is 3.85. The van der Waals surface area contributed by atoms with Gasteiger partial charge in [0.1, 0.15) is 18.2 Å². The van der Waals surface area contributed by atoms with Crippen molar-refractivity contribution < 1.29 is 19.1 Å². The van der Waals surface area contributed by atoms with Crippen molar-refractivity contribution in [3.8, 4) is 0 Å². The van der Waals surface area contributed by atoms with Gasteiger partial charge in [-0.25, -0.2) is 4.79 Å². The summed E-state index contributed by atoms with van der Waals surface area (Å²) in [6.45, 7) is -0.261. The van der Waals surface area contributed by atoms with E-state index in [1.807, 2.05) is 0 Å². The Hall–Kier alpha value is -1.59. The number of rotatable bonds is 3. The van der Waals surface area contributed by atoms with Crippen LogP contribution < -0.4 is 5.32 Å². The van der Waals surface area contributed by atoms with Crippen LogP contribution in [0.5, 0.6) is 0 Å². The summed E-state index contributed by atoms with van der Waals surface area (Å²) in [5.74, 6) is -0.721. The molecule has 6 nitrogen and oxygen atoms in total. The number of ether oxygens (including phenoxy) is 1. The molecule has 1 N–H and O–H groups in total. The van der Waals surface area contributed by atoms with Crippen molar-refractivity contribution in [2.75, 3.05) is 6.54 Å². The maximum atomic E-state index is 12.6. The van der Waals surface area contributed by atoms with Crippen molar-refractivity contribution in [1.82, 2.24) is 10.2 Å². The van der Waals surface area contributed by atoms with Gasteiger partial charge in [-0.3, -0.25) is 14.5 Å². The van der Waals surface area contributed by atoms with Crippen LogP contribution >= 0.6 is 0 Å².